The molecule has 0 N–H and O–H groups in total. The maximum absolute atomic E-state index is 13.2. The van der Waals surface area contributed by atoms with Gasteiger partial charge in [0.1, 0.15) is 0 Å². The maximum Gasteiger partial charge on any atom is 0.254 e. The van der Waals surface area contributed by atoms with Gasteiger partial charge in [-0.05, 0) is 49.1 Å². The SMILES string of the molecule is CCC(C(=O)N1CCC2(CC1)SCCN2C(=O)c1ccc(Cl)cc1)c1ccccc1. The molecular weight excluding hydrogens is 416 g/mol. The van der Waals surface area contributed by atoms with E-state index < -0.39 is 0 Å². The molecule has 2 aromatic carbocycles. The van der Waals surface area contributed by atoms with E-state index in [1.54, 1.807) is 24.3 Å². The van der Waals surface area contributed by atoms with Gasteiger partial charge in [-0.1, -0.05) is 48.9 Å². The number of likely N-dealkylation sites (tertiary alicyclic amines) is 1. The van der Waals surface area contributed by atoms with E-state index in [0.29, 0.717) is 23.7 Å². The molecule has 1 spiro atoms. The Labute approximate surface area is 187 Å². The zero-order valence-electron chi connectivity index (χ0n) is 17.2. The minimum absolute atomic E-state index is 0.0622. The number of benzene rings is 2. The van der Waals surface area contributed by atoms with Gasteiger partial charge in [-0.15, -0.1) is 11.8 Å². The summed E-state index contributed by atoms with van der Waals surface area (Å²) in [5.74, 6) is 1.11. The first-order chi connectivity index (χ1) is 14.5. The van der Waals surface area contributed by atoms with Crippen LogP contribution in [0.4, 0.5) is 0 Å². The van der Waals surface area contributed by atoms with Gasteiger partial charge >= 0.3 is 0 Å². The molecule has 1 unspecified atom stereocenters. The highest BCUT2D eigenvalue weighted by molar-refractivity contribution is 8.00. The van der Waals surface area contributed by atoms with Gasteiger partial charge in [0, 0.05) is 36.0 Å². The number of carbonyl (C=O) groups excluding carboxylic acids is 2. The minimum Gasteiger partial charge on any atom is -0.342 e. The molecule has 4 rings (SSSR count). The maximum atomic E-state index is 13.2. The van der Waals surface area contributed by atoms with Crippen molar-refractivity contribution in [3.8, 4) is 0 Å². The van der Waals surface area contributed by atoms with E-state index in [1.165, 1.54) is 0 Å². The van der Waals surface area contributed by atoms with E-state index in [4.69, 9.17) is 11.6 Å². The molecule has 0 radical (unpaired) electrons. The molecule has 2 fully saturated rings. The summed E-state index contributed by atoms with van der Waals surface area (Å²) in [6.07, 6.45) is 2.42. The summed E-state index contributed by atoms with van der Waals surface area (Å²) in [5, 5.41) is 0.632. The Kier molecular flexibility index (Phi) is 6.40. The first-order valence-corrected chi connectivity index (χ1v) is 12.0. The lowest BCUT2D eigenvalue weighted by molar-refractivity contribution is -0.134. The Morgan fingerprint density at radius 2 is 1.70 bits per heavy atom. The second-order valence-corrected chi connectivity index (χ2v) is 9.85. The molecule has 0 aromatic heterocycles. The fraction of sp³-hybridized carbons (Fsp3) is 0.417. The second-order valence-electron chi connectivity index (χ2n) is 7.96. The van der Waals surface area contributed by atoms with Crippen LogP contribution in [0.1, 0.15) is 48.0 Å². The third-order valence-electron chi connectivity index (χ3n) is 6.28. The summed E-state index contributed by atoms with van der Waals surface area (Å²) >= 11 is 7.84. The normalized spacial score (nSPS) is 19.1. The molecular formula is C24H27ClN2O2S. The van der Waals surface area contributed by atoms with Crippen molar-refractivity contribution < 1.29 is 9.59 Å². The minimum atomic E-state index is -0.206. The van der Waals surface area contributed by atoms with Crippen LogP contribution in [0.15, 0.2) is 54.6 Å². The van der Waals surface area contributed by atoms with Gasteiger partial charge in [-0.3, -0.25) is 9.59 Å². The van der Waals surface area contributed by atoms with E-state index in [2.05, 4.69) is 6.92 Å². The predicted molar refractivity (Wildman–Crippen MR) is 123 cm³/mol. The van der Waals surface area contributed by atoms with Crippen LogP contribution in [0.2, 0.25) is 5.02 Å². The van der Waals surface area contributed by atoms with Crippen molar-refractivity contribution in [2.24, 2.45) is 0 Å². The van der Waals surface area contributed by atoms with Crippen LogP contribution in [0.3, 0.4) is 0 Å². The summed E-state index contributed by atoms with van der Waals surface area (Å²) < 4.78 is 0. The van der Waals surface area contributed by atoms with Crippen LogP contribution < -0.4 is 0 Å². The number of rotatable bonds is 4. The van der Waals surface area contributed by atoms with Crippen molar-refractivity contribution in [1.82, 2.24) is 9.80 Å². The smallest absolute Gasteiger partial charge is 0.254 e. The lowest BCUT2D eigenvalue weighted by Crippen LogP contribution is -2.54. The number of halogens is 1. The third-order valence-corrected chi connectivity index (χ3v) is 8.08. The van der Waals surface area contributed by atoms with Crippen LogP contribution in [0, 0.1) is 0 Å². The van der Waals surface area contributed by atoms with Crippen LogP contribution >= 0.6 is 23.4 Å². The summed E-state index contributed by atoms with van der Waals surface area (Å²) in [6.45, 7) is 4.21. The van der Waals surface area contributed by atoms with Crippen molar-refractivity contribution in [1.29, 1.82) is 0 Å². The highest BCUT2D eigenvalue weighted by Gasteiger charge is 2.47. The molecule has 4 nitrogen and oxygen atoms in total. The fourth-order valence-electron chi connectivity index (χ4n) is 4.59. The van der Waals surface area contributed by atoms with E-state index in [9.17, 15) is 9.59 Å². The van der Waals surface area contributed by atoms with E-state index >= 15 is 0 Å². The van der Waals surface area contributed by atoms with Gasteiger partial charge in [0.2, 0.25) is 5.91 Å². The Bertz CT molecular complexity index is 895. The van der Waals surface area contributed by atoms with Crippen LogP contribution in [-0.4, -0.2) is 51.9 Å². The first-order valence-electron chi connectivity index (χ1n) is 10.6. The molecule has 0 aliphatic carbocycles. The molecule has 2 amide bonds. The summed E-state index contributed by atoms with van der Waals surface area (Å²) in [5.41, 5.74) is 1.76. The molecule has 1 atom stereocenters. The number of hydrogen-bond donors (Lipinski definition) is 0. The number of hydrogen-bond acceptors (Lipinski definition) is 3. The molecule has 2 aliphatic heterocycles. The van der Waals surface area contributed by atoms with Gasteiger partial charge in [0.25, 0.3) is 5.91 Å². The van der Waals surface area contributed by atoms with Gasteiger partial charge in [-0.2, -0.15) is 0 Å². The number of nitrogens with zero attached hydrogens (tertiary/aromatic N) is 2. The number of piperidine rings is 1. The zero-order valence-corrected chi connectivity index (χ0v) is 18.8. The predicted octanol–water partition coefficient (Wildman–Crippen LogP) is 5.04. The van der Waals surface area contributed by atoms with Gasteiger partial charge in [-0.25, -0.2) is 0 Å². The quantitative estimate of drug-likeness (QED) is 0.665. The van der Waals surface area contributed by atoms with Crippen LogP contribution in [0.25, 0.3) is 0 Å². The van der Waals surface area contributed by atoms with Crippen molar-refractivity contribution >= 4 is 35.2 Å². The largest absolute Gasteiger partial charge is 0.342 e. The Morgan fingerprint density at radius 1 is 1.03 bits per heavy atom. The zero-order chi connectivity index (χ0) is 21.1. The lowest BCUT2D eigenvalue weighted by atomic mass is 9.93. The number of thioether (sulfide) groups is 1. The summed E-state index contributed by atoms with van der Waals surface area (Å²) in [4.78, 5) is 30.2. The molecule has 2 heterocycles. The Balaban J connectivity index is 1.45. The molecule has 0 bridgehead atoms. The van der Waals surface area contributed by atoms with Crippen LogP contribution in [0.5, 0.6) is 0 Å². The molecule has 2 saturated heterocycles. The van der Waals surface area contributed by atoms with Crippen molar-refractivity contribution in [3.05, 3.63) is 70.7 Å². The van der Waals surface area contributed by atoms with Crippen molar-refractivity contribution in [2.75, 3.05) is 25.4 Å². The summed E-state index contributed by atoms with van der Waals surface area (Å²) in [6, 6.07) is 17.2. The number of carbonyl (C=O) groups is 2. The van der Waals surface area contributed by atoms with E-state index in [0.717, 1.165) is 37.1 Å². The number of amides is 2. The van der Waals surface area contributed by atoms with Crippen molar-refractivity contribution in [3.63, 3.8) is 0 Å². The highest BCUT2D eigenvalue weighted by Crippen LogP contribution is 2.45. The summed E-state index contributed by atoms with van der Waals surface area (Å²) in [7, 11) is 0. The molecule has 2 aromatic rings. The van der Waals surface area contributed by atoms with Gasteiger partial charge in [0.05, 0.1) is 10.8 Å². The Morgan fingerprint density at radius 3 is 2.33 bits per heavy atom. The third kappa shape index (κ3) is 4.10. The standard InChI is InChI=1S/C24H27ClN2O2S/c1-2-21(18-6-4-3-5-7-18)23(29)26-14-12-24(13-15-26)27(16-17-30-24)22(28)19-8-10-20(25)11-9-19/h3-11,21H,2,12-17H2,1H3. The Hall–Kier alpha value is -1.98. The van der Waals surface area contributed by atoms with Crippen LogP contribution in [-0.2, 0) is 4.79 Å². The van der Waals surface area contributed by atoms with Gasteiger partial charge < -0.3 is 9.80 Å². The first kappa shape index (κ1) is 21.3. The fourth-order valence-corrected chi connectivity index (χ4v) is 6.17. The molecule has 158 valence electrons. The van der Waals surface area contributed by atoms with Gasteiger partial charge in [0.15, 0.2) is 0 Å². The molecule has 30 heavy (non-hydrogen) atoms. The molecule has 0 saturated carbocycles. The lowest BCUT2D eigenvalue weighted by Gasteiger charge is -2.44. The topological polar surface area (TPSA) is 40.6 Å². The average molecular weight is 443 g/mol. The molecule has 6 heteroatoms. The van der Waals surface area contributed by atoms with Crippen molar-refractivity contribution in [2.45, 2.75) is 37.0 Å². The van der Waals surface area contributed by atoms with E-state index in [1.807, 2.05) is 51.9 Å². The monoisotopic (exact) mass is 442 g/mol. The molecule has 2 aliphatic rings. The highest BCUT2D eigenvalue weighted by atomic mass is 35.5. The second kappa shape index (κ2) is 9.03. The average Bonchev–Trinajstić information content (AvgIpc) is 3.18. The van der Waals surface area contributed by atoms with E-state index in [-0.39, 0.29) is 22.6 Å².